The van der Waals surface area contributed by atoms with Crippen LogP contribution in [0, 0.1) is 5.92 Å². The molecular formula is C22H30N4O. The Morgan fingerprint density at radius 3 is 2.41 bits per heavy atom. The van der Waals surface area contributed by atoms with E-state index < -0.39 is 0 Å². The van der Waals surface area contributed by atoms with Crippen molar-refractivity contribution in [3.63, 3.8) is 0 Å². The number of hydrogen-bond acceptors (Lipinski definition) is 4. The lowest BCUT2D eigenvalue weighted by Gasteiger charge is -2.33. The molecule has 1 atom stereocenters. The Morgan fingerprint density at radius 1 is 1.15 bits per heavy atom. The van der Waals surface area contributed by atoms with Crippen LogP contribution in [0.4, 0.5) is 5.95 Å². The molecule has 144 valence electrons. The van der Waals surface area contributed by atoms with Gasteiger partial charge >= 0.3 is 0 Å². The van der Waals surface area contributed by atoms with Crippen LogP contribution in [0.5, 0.6) is 0 Å². The van der Waals surface area contributed by atoms with Crippen LogP contribution in [0.3, 0.4) is 0 Å². The van der Waals surface area contributed by atoms with Gasteiger partial charge < -0.3 is 10.2 Å². The highest BCUT2D eigenvalue weighted by atomic mass is 16.1. The van der Waals surface area contributed by atoms with Crippen molar-refractivity contribution in [1.82, 2.24) is 15.3 Å². The highest BCUT2D eigenvalue weighted by molar-refractivity contribution is 5.79. The van der Waals surface area contributed by atoms with Crippen LogP contribution < -0.4 is 10.2 Å². The van der Waals surface area contributed by atoms with Crippen molar-refractivity contribution in [3.8, 4) is 0 Å². The van der Waals surface area contributed by atoms with E-state index in [2.05, 4.69) is 65.2 Å². The molecule has 1 fully saturated rings. The second kappa shape index (κ2) is 8.51. The molecular weight excluding hydrogens is 336 g/mol. The van der Waals surface area contributed by atoms with E-state index in [9.17, 15) is 4.79 Å². The first-order valence-corrected chi connectivity index (χ1v) is 9.83. The molecule has 5 nitrogen and oxygen atoms in total. The molecule has 5 heteroatoms. The van der Waals surface area contributed by atoms with E-state index in [0.717, 1.165) is 38.3 Å². The molecule has 2 aromatic rings. The zero-order valence-electron chi connectivity index (χ0n) is 16.6. The summed E-state index contributed by atoms with van der Waals surface area (Å²) in [4.78, 5) is 23.5. The van der Waals surface area contributed by atoms with Gasteiger partial charge in [0.15, 0.2) is 0 Å². The maximum atomic E-state index is 12.7. The Balaban J connectivity index is 1.49. The average Bonchev–Trinajstić information content (AvgIpc) is 2.69. The molecule has 3 rings (SSSR count). The van der Waals surface area contributed by atoms with E-state index in [4.69, 9.17) is 0 Å². The van der Waals surface area contributed by atoms with Crippen molar-refractivity contribution in [2.45, 2.75) is 51.5 Å². The summed E-state index contributed by atoms with van der Waals surface area (Å²) in [5.74, 6) is 1.02. The first-order chi connectivity index (χ1) is 13.0. The number of amides is 1. The van der Waals surface area contributed by atoms with Gasteiger partial charge in [0.25, 0.3) is 0 Å². The predicted molar refractivity (Wildman–Crippen MR) is 109 cm³/mol. The normalized spacial score (nSPS) is 16.8. The van der Waals surface area contributed by atoms with Crippen LogP contribution in [-0.4, -0.2) is 35.0 Å². The molecule has 27 heavy (non-hydrogen) atoms. The van der Waals surface area contributed by atoms with Gasteiger partial charge in [-0.3, -0.25) is 4.79 Å². The van der Waals surface area contributed by atoms with E-state index in [1.165, 1.54) is 5.56 Å². The van der Waals surface area contributed by atoms with Gasteiger partial charge in [0.05, 0.1) is 0 Å². The van der Waals surface area contributed by atoms with Gasteiger partial charge in [-0.1, -0.05) is 44.2 Å². The van der Waals surface area contributed by atoms with Gasteiger partial charge in [0, 0.05) is 37.4 Å². The molecule has 1 amide bonds. The second-order valence-corrected chi connectivity index (χ2v) is 8.17. The van der Waals surface area contributed by atoms with Crippen molar-refractivity contribution >= 4 is 11.9 Å². The maximum Gasteiger partial charge on any atom is 0.225 e. The number of aromatic nitrogens is 2. The number of rotatable bonds is 6. The van der Waals surface area contributed by atoms with E-state index in [1.54, 1.807) is 12.4 Å². The molecule has 1 N–H and O–H groups in total. The number of benzene rings is 1. The van der Waals surface area contributed by atoms with E-state index in [0.29, 0.717) is 0 Å². The first-order valence-electron chi connectivity index (χ1n) is 9.83. The van der Waals surface area contributed by atoms with Crippen LogP contribution in [0.2, 0.25) is 0 Å². The van der Waals surface area contributed by atoms with E-state index in [1.807, 2.05) is 12.1 Å². The Kier molecular flexibility index (Phi) is 6.09. The summed E-state index contributed by atoms with van der Waals surface area (Å²) in [6.07, 6.45) is 6.13. The standard InChI is InChI=1S/C22H30N4O/c1-17(16-22(2,3)19-8-5-4-6-9-19)25-20(27)18-10-14-26(15-11-18)21-23-12-7-13-24-21/h4-9,12-13,17-18H,10-11,14-16H2,1-3H3,(H,25,27)/t17-/m1/s1. The molecule has 1 aliphatic rings. The predicted octanol–water partition coefficient (Wildman–Crippen LogP) is 3.57. The lowest BCUT2D eigenvalue weighted by Crippen LogP contribution is -2.44. The summed E-state index contributed by atoms with van der Waals surface area (Å²) in [6, 6.07) is 12.5. The number of nitrogens with zero attached hydrogens (tertiary/aromatic N) is 3. The number of anilines is 1. The number of hydrogen-bond donors (Lipinski definition) is 1. The summed E-state index contributed by atoms with van der Waals surface area (Å²) in [6.45, 7) is 8.24. The Hall–Kier alpha value is -2.43. The van der Waals surface area contributed by atoms with Gasteiger partial charge in [-0.15, -0.1) is 0 Å². The summed E-state index contributed by atoms with van der Waals surface area (Å²) < 4.78 is 0. The minimum Gasteiger partial charge on any atom is -0.353 e. The summed E-state index contributed by atoms with van der Waals surface area (Å²) in [7, 11) is 0. The molecule has 0 bridgehead atoms. The van der Waals surface area contributed by atoms with Crippen molar-refractivity contribution < 1.29 is 4.79 Å². The molecule has 1 aromatic heterocycles. The summed E-state index contributed by atoms with van der Waals surface area (Å²) >= 11 is 0. The fourth-order valence-corrected chi connectivity index (χ4v) is 3.98. The highest BCUT2D eigenvalue weighted by Crippen LogP contribution is 2.28. The molecule has 0 saturated carbocycles. The quantitative estimate of drug-likeness (QED) is 0.849. The van der Waals surface area contributed by atoms with Gasteiger partial charge in [0.1, 0.15) is 0 Å². The van der Waals surface area contributed by atoms with Crippen LogP contribution >= 0.6 is 0 Å². The molecule has 1 aromatic carbocycles. The third-order valence-electron chi connectivity index (χ3n) is 5.46. The third kappa shape index (κ3) is 5.06. The fourth-order valence-electron chi connectivity index (χ4n) is 3.98. The largest absolute Gasteiger partial charge is 0.353 e. The number of carbonyl (C=O) groups is 1. The minimum absolute atomic E-state index is 0.0297. The Morgan fingerprint density at radius 2 is 1.78 bits per heavy atom. The summed E-state index contributed by atoms with van der Waals surface area (Å²) in [5, 5.41) is 3.24. The van der Waals surface area contributed by atoms with E-state index >= 15 is 0 Å². The zero-order chi connectivity index (χ0) is 19.3. The molecule has 0 aliphatic carbocycles. The first kappa shape index (κ1) is 19.3. The number of nitrogens with one attached hydrogen (secondary N) is 1. The summed E-state index contributed by atoms with van der Waals surface area (Å²) in [5.41, 5.74) is 1.34. The smallest absolute Gasteiger partial charge is 0.225 e. The fraction of sp³-hybridized carbons (Fsp3) is 0.500. The monoisotopic (exact) mass is 366 g/mol. The maximum absolute atomic E-state index is 12.7. The SMILES string of the molecule is C[C@H](CC(C)(C)c1ccccc1)NC(=O)C1CCN(c2ncccn2)CC1. The number of carbonyl (C=O) groups excluding carboxylic acids is 1. The van der Waals surface area contributed by atoms with Crippen LogP contribution in [0.25, 0.3) is 0 Å². The van der Waals surface area contributed by atoms with Gasteiger partial charge in [-0.05, 0) is 43.2 Å². The van der Waals surface area contributed by atoms with E-state index in [-0.39, 0.29) is 23.3 Å². The van der Waals surface area contributed by atoms with Crippen LogP contribution in [0.15, 0.2) is 48.8 Å². The van der Waals surface area contributed by atoms with Crippen LogP contribution in [-0.2, 0) is 10.2 Å². The molecule has 2 heterocycles. The zero-order valence-corrected chi connectivity index (χ0v) is 16.6. The van der Waals surface area contributed by atoms with Gasteiger partial charge in [0.2, 0.25) is 11.9 Å². The van der Waals surface area contributed by atoms with Crippen molar-refractivity contribution in [1.29, 1.82) is 0 Å². The second-order valence-electron chi connectivity index (χ2n) is 8.17. The molecule has 1 aliphatic heterocycles. The Labute approximate surface area is 162 Å². The molecule has 0 unspecified atom stereocenters. The highest BCUT2D eigenvalue weighted by Gasteiger charge is 2.29. The van der Waals surface area contributed by atoms with Crippen molar-refractivity contribution in [2.24, 2.45) is 5.92 Å². The van der Waals surface area contributed by atoms with Crippen molar-refractivity contribution in [2.75, 3.05) is 18.0 Å². The Bertz CT molecular complexity index is 724. The lowest BCUT2D eigenvalue weighted by molar-refractivity contribution is -0.126. The lowest BCUT2D eigenvalue weighted by atomic mass is 9.79. The van der Waals surface area contributed by atoms with Gasteiger partial charge in [-0.25, -0.2) is 9.97 Å². The molecule has 1 saturated heterocycles. The van der Waals surface area contributed by atoms with Crippen LogP contribution in [0.1, 0.15) is 45.6 Å². The molecule has 0 radical (unpaired) electrons. The third-order valence-corrected chi connectivity index (χ3v) is 5.46. The van der Waals surface area contributed by atoms with Crippen molar-refractivity contribution in [3.05, 3.63) is 54.4 Å². The topological polar surface area (TPSA) is 58.1 Å². The van der Waals surface area contributed by atoms with Gasteiger partial charge in [-0.2, -0.15) is 0 Å². The molecule has 0 spiro atoms. The average molecular weight is 367 g/mol. The number of piperidine rings is 1. The minimum atomic E-state index is 0.0297.